The van der Waals surface area contributed by atoms with E-state index in [0.717, 1.165) is 6.42 Å². The summed E-state index contributed by atoms with van der Waals surface area (Å²) < 4.78 is 12.4. The quantitative estimate of drug-likeness (QED) is 0.377. The van der Waals surface area contributed by atoms with E-state index >= 15 is 0 Å². The molecule has 2 N–H and O–H groups in total. The standard InChI is InChI=1S/C27H31NO7/c1-13-11-26-14(2)9-19-20(25(19,3)4)18(22(26)30)10-16-12-34-24(35-23(16)27(26,31)21(13)29)15-5-7-17(8-6-15)28(32)33/h5-8,10-11,14,18-21,23-24,29,31H,9,12H2,1-4H3/t14-,18?,19-,20+,21+,23-,24?,26?,27-/m1/s1. The van der Waals surface area contributed by atoms with Crippen molar-refractivity contribution in [3.05, 3.63) is 63.2 Å². The smallest absolute Gasteiger partial charge is 0.269 e. The number of non-ortho nitro benzene ring substituents is 1. The first kappa shape index (κ1) is 23.0. The van der Waals surface area contributed by atoms with E-state index in [9.17, 15) is 25.1 Å². The predicted octanol–water partition coefficient (Wildman–Crippen LogP) is 3.48. The molecule has 1 saturated heterocycles. The molecule has 186 valence electrons. The van der Waals surface area contributed by atoms with E-state index in [1.54, 1.807) is 19.1 Å². The molecule has 0 amide bonds. The highest BCUT2D eigenvalue weighted by Crippen LogP contribution is 2.72. The topological polar surface area (TPSA) is 119 Å². The number of nitro benzene ring substituents is 1. The van der Waals surface area contributed by atoms with Crippen molar-refractivity contribution >= 4 is 11.5 Å². The number of fused-ring (bicyclic) bond motifs is 5. The number of benzene rings is 1. The molecule has 1 aromatic carbocycles. The summed E-state index contributed by atoms with van der Waals surface area (Å²) >= 11 is 0. The van der Waals surface area contributed by atoms with Crippen LogP contribution in [0.2, 0.25) is 0 Å². The van der Waals surface area contributed by atoms with Gasteiger partial charge in [-0.15, -0.1) is 0 Å². The minimum Gasteiger partial charge on any atom is -0.386 e. The van der Waals surface area contributed by atoms with Gasteiger partial charge < -0.3 is 19.7 Å². The number of allylic oxidation sites excluding steroid dienone is 1. The normalized spacial score (nSPS) is 45.2. The maximum atomic E-state index is 14.4. The summed E-state index contributed by atoms with van der Waals surface area (Å²) in [6, 6.07) is 5.89. The second-order valence-corrected chi connectivity index (χ2v) is 11.7. The third-order valence-electron chi connectivity index (χ3n) is 9.75. The third-order valence-corrected chi connectivity index (χ3v) is 9.75. The van der Waals surface area contributed by atoms with Crippen molar-refractivity contribution in [2.45, 2.75) is 58.2 Å². The summed E-state index contributed by atoms with van der Waals surface area (Å²) in [6.45, 7) is 8.31. The monoisotopic (exact) mass is 481 g/mol. The molecular formula is C27H31NO7. The first-order valence-corrected chi connectivity index (χ1v) is 12.3. The molecule has 9 atom stereocenters. The number of ether oxygens (including phenoxy) is 2. The van der Waals surface area contributed by atoms with Gasteiger partial charge in [0.05, 0.1) is 16.9 Å². The Morgan fingerprint density at radius 1 is 1.20 bits per heavy atom. The fraction of sp³-hybridized carbons (Fsp3) is 0.593. The van der Waals surface area contributed by atoms with Crippen LogP contribution in [0.1, 0.15) is 46.0 Å². The summed E-state index contributed by atoms with van der Waals surface area (Å²) in [5.41, 5.74) is -1.36. The Morgan fingerprint density at radius 3 is 2.54 bits per heavy atom. The molecule has 5 aliphatic rings. The predicted molar refractivity (Wildman–Crippen MR) is 125 cm³/mol. The molecule has 3 fully saturated rings. The zero-order valence-electron chi connectivity index (χ0n) is 20.3. The maximum absolute atomic E-state index is 14.4. The minimum atomic E-state index is -1.88. The minimum absolute atomic E-state index is 0.0266. The second kappa shape index (κ2) is 7.09. The lowest BCUT2D eigenvalue weighted by Crippen LogP contribution is -2.66. The summed E-state index contributed by atoms with van der Waals surface area (Å²) in [5.74, 6) is -0.0782. The molecule has 8 heteroatoms. The lowest BCUT2D eigenvalue weighted by molar-refractivity contribution is -0.384. The van der Waals surface area contributed by atoms with Crippen molar-refractivity contribution in [1.29, 1.82) is 0 Å². The number of nitrogens with zero attached hydrogens (tertiary/aromatic N) is 1. The molecule has 1 spiro atoms. The zero-order chi connectivity index (χ0) is 25.1. The van der Waals surface area contributed by atoms with E-state index < -0.39 is 34.4 Å². The molecule has 0 radical (unpaired) electrons. The van der Waals surface area contributed by atoms with Crippen LogP contribution in [0.3, 0.4) is 0 Å². The number of carbonyl (C=O) groups excluding carboxylic acids is 1. The first-order valence-electron chi connectivity index (χ1n) is 12.3. The highest BCUT2D eigenvalue weighted by atomic mass is 16.7. The van der Waals surface area contributed by atoms with Crippen LogP contribution in [0, 0.1) is 44.6 Å². The number of hydrogen-bond acceptors (Lipinski definition) is 7. The van der Waals surface area contributed by atoms with Gasteiger partial charge in [0.15, 0.2) is 12.1 Å². The van der Waals surface area contributed by atoms with Crippen molar-refractivity contribution in [3.63, 3.8) is 0 Å². The average Bonchev–Trinajstić information content (AvgIpc) is 3.33. The van der Waals surface area contributed by atoms with Crippen LogP contribution in [0.25, 0.3) is 0 Å². The molecular weight excluding hydrogens is 450 g/mol. The maximum Gasteiger partial charge on any atom is 0.269 e. The number of rotatable bonds is 2. The van der Waals surface area contributed by atoms with Crippen molar-refractivity contribution in [3.8, 4) is 0 Å². The van der Waals surface area contributed by atoms with Gasteiger partial charge in [-0.1, -0.05) is 32.9 Å². The van der Waals surface area contributed by atoms with E-state index in [-0.39, 0.29) is 41.2 Å². The highest BCUT2D eigenvalue weighted by Gasteiger charge is 2.76. The van der Waals surface area contributed by atoms with Crippen LogP contribution in [-0.2, 0) is 14.3 Å². The molecule has 1 aromatic rings. The van der Waals surface area contributed by atoms with Crippen LogP contribution >= 0.6 is 0 Å². The molecule has 4 aliphatic carbocycles. The molecule has 1 aliphatic heterocycles. The van der Waals surface area contributed by atoms with Crippen LogP contribution in [0.5, 0.6) is 0 Å². The van der Waals surface area contributed by atoms with E-state index in [2.05, 4.69) is 13.8 Å². The van der Waals surface area contributed by atoms with Gasteiger partial charge in [0.1, 0.15) is 17.8 Å². The molecule has 1 heterocycles. The SMILES string of the molecule is CC1=CC23C(=O)C(C=C4COC(c5ccc([N+](=O)[O-])cc5)O[C@H]4[C@]2(O)[C@H]1O)[C@H]1[C@@H](C[C@H]3C)C1(C)C. The molecule has 2 bridgehead atoms. The molecule has 35 heavy (non-hydrogen) atoms. The Morgan fingerprint density at radius 2 is 1.89 bits per heavy atom. The fourth-order valence-electron chi connectivity index (χ4n) is 7.85. The van der Waals surface area contributed by atoms with Crippen LogP contribution < -0.4 is 0 Å². The largest absolute Gasteiger partial charge is 0.386 e. The molecule has 6 rings (SSSR count). The van der Waals surface area contributed by atoms with Crippen molar-refractivity contribution in [1.82, 2.24) is 0 Å². The Labute approximate surface area is 203 Å². The molecule has 2 saturated carbocycles. The lowest BCUT2D eigenvalue weighted by Gasteiger charge is -2.51. The Balaban J connectivity index is 1.47. The number of aliphatic hydroxyl groups is 2. The van der Waals surface area contributed by atoms with E-state index in [1.807, 2.05) is 19.1 Å². The third kappa shape index (κ3) is 2.74. The number of aliphatic hydroxyl groups excluding tert-OH is 1. The van der Waals surface area contributed by atoms with Gasteiger partial charge in [-0.2, -0.15) is 0 Å². The number of nitro groups is 1. The fourth-order valence-corrected chi connectivity index (χ4v) is 7.85. The summed E-state index contributed by atoms with van der Waals surface area (Å²) in [5, 5.41) is 34.9. The number of carbonyl (C=O) groups is 1. The second-order valence-electron chi connectivity index (χ2n) is 11.7. The van der Waals surface area contributed by atoms with Gasteiger partial charge in [0, 0.05) is 23.6 Å². The van der Waals surface area contributed by atoms with Gasteiger partial charge in [-0.25, -0.2) is 0 Å². The van der Waals surface area contributed by atoms with Gasteiger partial charge in [0.2, 0.25) is 0 Å². The zero-order valence-corrected chi connectivity index (χ0v) is 20.3. The highest BCUT2D eigenvalue weighted by molar-refractivity contribution is 5.95. The summed E-state index contributed by atoms with van der Waals surface area (Å²) in [6.07, 6.45) is 1.41. The molecule has 3 unspecified atom stereocenters. The Bertz CT molecular complexity index is 1190. The van der Waals surface area contributed by atoms with Crippen molar-refractivity contribution < 1.29 is 29.4 Å². The lowest BCUT2D eigenvalue weighted by atomic mass is 9.59. The summed E-state index contributed by atoms with van der Waals surface area (Å²) in [7, 11) is 0. The van der Waals surface area contributed by atoms with Gasteiger partial charge >= 0.3 is 0 Å². The van der Waals surface area contributed by atoms with Gasteiger partial charge in [-0.05, 0) is 59.8 Å². The number of hydrogen-bond donors (Lipinski definition) is 2. The average molecular weight is 482 g/mol. The number of ketones is 1. The van der Waals surface area contributed by atoms with E-state index in [0.29, 0.717) is 22.6 Å². The van der Waals surface area contributed by atoms with Crippen molar-refractivity contribution in [2.24, 2.45) is 34.5 Å². The number of Topliss-reactive ketones (excluding diaryl/α,β-unsaturated/α-hetero) is 1. The van der Waals surface area contributed by atoms with Gasteiger partial charge in [0.25, 0.3) is 5.69 Å². The first-order chi connectivity index (χ1) is 16.4. The molecule has 8 nitrogen and oxygen atoms in total. The van der Waals surface area contributed by atoms with Crippen LogP contribution in [0.4, 0.5) is 5.69 Å². The Kier molecular flexibility index (Phi) is 4.67. The van der Waals surface area contributed by atoms with Gasteiger partial charge in [-0.3, -0.25) is 14.9 Å². The van der Waals surface area contributed by atoms with E-state index in [1.165, 1.54) is 12.1 Å². The molecule has 0 aromatic heterocycles. The summed E-state index contributed by atoms with van der Waals surface area (Å²) in [4.78, 5) is 24.9. The van der Waals surface area contributed by atoms with Crippen molar-refractivity contribution in [2.75, 3.05) is 6.61 Å². The van der Waals surface area contributed by atoms with Crippen LogP contribution in [0.15, 0.2) is 47.6 Å². The van der Waals surface area contributed by atoms with Crippen LogP contribution in [-0.4, -0.2) is 45.3 Å². The Hall–Kier alpha value is -2.39. The van der Waals surface area contributed by atoms with E-state index in [4.69, 9.17) is 9.47 Å².